The number of carboxylic acid groups (broad SMARTS) is 1. The third-order valence-corrected chi connectivity index (χ3v) is 19.6. The topological polar surface area (TPSA) is 560 Å². The standard InChI is InChI=1S/C68H91N11O28S/c1-9-31(2)52-61(92)71-25-50(87)72-45-30-108(99)63-40(23-43(58(89)70-26-51(88)76-52)73-62(93)53(32(3)47(85)28-80)77-60(91)46-21-37(84)27-79(46)64(94)44(24-49(69)86)74-59(45)90)39-16-15-38(22-42(39)75-63)101-19-13-11-10-12-18-78(7)68(98)102-29-36-14-17-48(41(20-36)65(95)96)106-67-57(105-35(6)83)55(104-34(5)82)54(103-33(4)81)56(107-67)66(97)100-8/h14-17,20,22,31-32,37,43-47,52-57,67,75,80,84-85H,9-13,18-19,21,23-30H2,1-8H3,(H2,69,86)(H,70,89)(H,71,92)(H,72,87)(H,73,93)(H,74,90)(H,76,88)(H,77,91)(H,95,96)/t31-,32-,37+,43-,44-,45-,46-,47-,52-,53-,54-,55-,56-,57+,67+,108?/m0/s1. The number of H-pyrrole nitrogens is 1. The lowest BCUT2D eigenvalue weighted by atomic mass is 9.93. The van der Waals surface area contributed by atoms with E-state index in [1.807, 2.05) is 0 Å². The van der Waals surface area contributed by atoms with Gasteiger partial charge in [-0.3, -0.25) is 61.7 Å². The van der Waals surface area contributed by atoms with Gasteiger partial charge >= 0.3 is 35.9 Å². The Kier molecular flexibility index (Phi) is 30.4. The summed E-state index contributed by atoms with van der Waals surface area (Å²) in [5, 5.41) is 59.5. The van der Waals surface area contributed by atoms with Crippen molar-refractivity contribution in [1.29, 1.82) is 0 Å². The predicted molar refractivity (Wildman–Crippen MR) is 369 cm³/mol. The van der Waals surface area contributed by atoms with Crippen LogP contribution >= 0.6 is 0 Å². The number of aliphatic hydroxyl groups is 3. The van der Waals surface area contributed by atoms with Crippen LogP contribution in [-0.2, 0) is 115 Å². The SMILES string of the molecule is CC[C@H](C)[C@@H]1NC(=O)CNC(=O)[C@@H]2Cc3c([nH]c4cc(OCCCCCCN(C)C(=O)OCc5ccc(O[C@@H]6O[C@H](C(=O)OC)[C@@H](OC(C)=O)[C@H](OC(C)=O)[C@H]6OC(C)=O)c(C(=O)O)c5)ccc34)S(=O)C[C@H](NC(=O)CNC1=O)C(=O)N[C@@H](CC(N)=O)C(=O)N1C[C@H](O)C[C@H]1C(=O)N[C@@H]([C@@H](C)[C@@H](O)CO)C(=O)N2. The first-order valence-electron chi connectivity index (χ1n) is 34.6. The molecule has 108 heavy (non-hydrogen) atoms. The number of nitrogens with two attached hydrogens (primary N) is 1. The zero-order valence-corrected chi connectivity index (χ0v) is 61.2. The summed E-state index contributed by atoms with van der Waals surface area (Å²) >= 11 is 0. The average molecular weight is 1540 g/mol. The zero-order chi connectivity index (χ0) is 79.5. The van der Waals surface area contributed by atoms with Gasteiger partial charge in [0.05, 0.1) is 74.1 Å². The molecule has 10 amide bonds. The summed E-state index contributed by atoms with van der Waals surface area (Å²) in [5.74, 6) is -18.0. The monoisotopic (exact) mass is 1540 g/mol. The van der Waals surface area contributed by atoms with Crippen molar-refractivity contribution in [2.75, 3.05) is 59.3 Å². The number of hydrogen-bond acceptors (Lipinski definition) is 27. The maximum absolute atomic E-state index is 15.2. The van der Waals surface area contributed by atoms with Crippen molar-refractivity contribution < 1.29 is 134 Å². The molecule has 5 heterocycles. The van der Waals surface area contributed by atoms with Crippen LogP contribution in [0.1, 0.15) is 108 Å². The number of aromatic amines is 1. The number of hydrogen-bond donors (Lipinski definition) is 13. The smallest absolute Gasteiger partial charge is 0.409 e. The van der Waals surface area contributed by atoms with Crippen molar-refractivity contribution in [1.82, 2.24) is 52.0 Å². The average Bonchev–Trinajstić information content (AvgIpc) is 1.53. The minimum absolute atomic E-state index is 0.0541. The normalized spacial score (nSPS) is 25.5. The molecule has 0 spiro atoms. The van der Waals surface area contributed by atoms with Gasteiger partial charge in [0.25, 0.3) is 0 Å². The third-order valence-electron chi connectivity index (χ3n) is 18.2. The van der Waals surface area contributed by atoms with Crippen LogP contribution in [-0.4, -0.2) is 267 Å². The van der Waals surface area contributed by atoms with Crippen LogP contribution in [0.3, 0.4) is 0 Å². The number of nitrogens with zero attached hydrogens (tertiary/aromatic N) is 2. The van der Waals surface area contributed by atoms with E-state index in [0.717, 1.165) is 38.8 Å². The molecule has 4 aliphatic heterocycles. The van der Waals surface area contributed by atoms with Crippen molar-refractivity contribution in [3.63, 3.8) is 0 Å². The molecule has 16 atom stereocenters. The highest BCUT2D eigenvalue weighted by molar-refractivity contribution is 7.85. The molecule has 0 saturated carbocycles. The number of aromatic nitrogens is 1. The van der Waals surface area contributed by atoms with E-state index in [0.29, 0.717) is 32.1 Å². The van der Waals surface area contributed by atoms with Crippen molar-refractivity contribution in [2.45, 2.75) is 184 Å². The van der Waals surface area contributed by atoms with Gasteiger partial charge in [-0.2, -0.15) is 0 Å². The van der Waals surface area contributed by atoms with Gasteiger partial charge in [-0.25, -0.2) is 14.4 Å². The fraction of sp³-hybridized carbons (Fsp3) is 0.574. The van der Waals surface area contributed by atoms with E-state index in [4.69, 9.17) is 43.6 Å². The molecule has 4 aliphatic rings. The van der Waals surface area contributed by atoms with Crippen LogP contribution in [0, 0.1) is 11.8 Å². The Labute approximate surface area is 620 Å². The van der Waals surface area contributed by atoms with Crippen molar-refractivity contribution in [2.24, 2.45) is 17.6 Å². The summed E-state index contributed by atoms with van der Waals surface area (Å²) in [6, 6.07) is -2.13. The summed E-state index contributed by atoms with van der Waals surface area (Å²) in [4.78, 5) is 207. The molecule has 3 aromatic rings. The number of carbonyl (C=O) groups excluding carboxylic acids is 14. The fourth-order valence-electron chi connectivity index (χ4n) is 12.4. The number of unbranched alkanes of at least 4 members (excludes halogenated alkanes) is 3. The molecule has 1 aromatic heterocycles. The number of fused-ring (bicyclic) bond motifs is 5. The molecule has 0 aliphatic carbocycles. The van der Waals surface area contributed by atoms with E-state index >= 15 is 4.21 Å². The summed E-state index contributed by atoms with van der Waals surface area (Å²) in [6.07, 6.45) is -12.3. The van der Waals surface area contributed by atoms with Gasteiger partial charge in [0, 0.05) is 71.1 Å². The molecule has 0 radical (unpaired) electrons. The second-order valence-electron chi connectivity index (χ2n) is 26.3. The molecule has 592 valence electrons. The quantitative estimate of drug-likeness (QED) is 0.0234. The third kappa shape index (κ3) is 22.5. The molecule has 39 nitrogen and oxygen atoms in total. The minimum atomic E-state index is -2.48. The lowest BCUT2D eigenvalue weighted by Gasteiger charge is -2.43. The maximum Gasteiger partial charge on any atom is 0.409 e. The van der Waals surface area contributed by atoms with Crippen LogP contribution in [0.25, 0.3) is 10.9 Å². The molecule has 2 saturated heterocycles. The van der Waals surface area contributed by atoms with Crippen molar-refractivity contribution in [3.8, 4) is 11.5 Å². The van der Waals surface area contributed by atoms with Crippen LogP contribution in [0.15, 0.2) is 41.4 Å². The van der Waals surface area contributed by atoms with E-state index in [2.05, 4.69) is 42.2 Å². The Hall–Kier alpha value is -10.6. The van der Waals surface area contributed by atoms with E-state index in [1.165, 1.54) is 49.2 Å². The van der Waals surface area contributed by atoms with Gasteiger partial charge in [-0.15, -0.1) is 0 Å². The Morgan fingerprint density at radius 3 is 2.07 bits per heavy atom. The van der Waals surface area contributed by atoms with Gasteiger partial charge in [-0.05, 0) is 54.2 Å². The molecule has 2 fully saturated rings. The van der Waals surface area contributed by atoms with Crippen LogP contribution in [0.2, 0.25) is 0 Å². The van der Waals surface area contributed by atoms with Crippen molar-refractivity contribution >= 4 is 111 Å². The second-order valence-corrected chi connectivity index (χ2v) is 27.7. The summed E-state index contributed by atoms with van der Waals surface area (Å²) in [5.41, 5.74) is 5.52. The summed E-state index contributed by atoms with van der Waals surface area (Å²) in [7, 11) is -0.0146. The van der Waals surface area contributed by atoms with Gasteiger partial charge in [0.15, 0.2) is 18.3 Å². The van der Waals surface area contributed by atoms with Gasteiger partial charge in [0.1, 0.15) is 64.9 Å². The molecular weight excluding hydrogens is 1450 g/mol. The molecular formula is C68H91N11O28S. The molecule has 2 bridgehead atoms. The second kappa shape index (κ2) is 38.8. The number of aliphatic hydroxyl groups excluding tert-OH is 3. The van der Waals surface area contributed by atoms with E-state index < -0.39 is 260 Å². The minimum Gasteiger partial charge on any atom is -0.494 e. The van der Waals surface area contributed by atoms with Crippen LogP contribution < -0.4 is 52.4 Å². The van der Waals surface area contributed by atoms with E-state index in [9.17, 15) is 92.3 Å². The van der Waals surface area contributed by atoms with Gasteiger partial charge < -0.3 is 116 Å². The Balaban J connectivity index is 1.09. The van der Waals surface area contributed by atoms with E-state index in [1.54, 1.807) is 13.8 Å². The number of esters is 4. The number of ether oxygens (including phenoxy) is 8. The summed E-state index contributed by atoms with van der Waals surface area (Å²) in [6.45, 7) is 4.38. The molecule has 40 heteroatoms. The number of nitrogens with one attached hydrogen (secondary N) is 8. The summed E-state index contributed by atoms with van der Waals surface area (Å²) < 4.78 is 59.2. The number of benzene rings is 2. The molecule has 2 aromatic carbocycles. The largest absolute Gasteiger partial charge is 0.494 e. The first-order valence-corrected chi connectivity index (χ1v) is 35.9. The Bertz CT molecular complexity index is 3910. The Morgan fingerprint density at radius 1 is 0.769 bits per heavy atom. The lowest BCUT2D eigenvalue weighted by molar-refractivity contribution is -0.282. The zero-order valence-electron chi connectivity index (χ0n) is 60.4. The number of aromatic carboxylic acids is 1. The number of rotatable bonds is 24. The fourth-order valence-corrected chi connectivity index (χ4v) is 13.8. The van der Waals surface area contributed by atoms with Crippen LogP contribution in [0.5, 0.6) is 11.5 Å². The highest BCUT2D eigenvalue weighted by atomic mass is 32.2. The number of methoxy groups -OCH3 is 1. The lowest BCUT2D eigenvalue weighted by Crippen LogP contribution is -2.64. The first kappa shape index (κ1) is 84.7. The molecule has 1 unspecified atom stereocenters. The number of primary amides is 1. The van der Waals surface area contributed by atoms with Crippen molar-refractivity contribution in [3.05, 3.63) is 53.1 Å². The Morgan fingerprint density at radius 2 is 1.43 bits per heavy atom. The highest BCUT2D eigenvalue weighted by Gasteiger charge is 2.56. The van der Waals surface area contributed by atoms with E-state index in [-0.39, 0.29) is 46.0 Å². The number of amides is 10. The van der Waals surface area contributed by atoms with Gasteiger partial charge in [0.2, 0.25) is 65.6 Å². The highest BCUT2D eigenvalue weighted by Crippen LogP contribution is 2.35. The number of carboxylic acids is 1. The van der Waals surface area contributed by atoms with Gasteiger partial charge in [-0.1, -0.05) is 46.1 Å². The predicted octanol–water partition coefficient (Wildman–Crippen LogP) is -3.65. The molecule has 7 rings (SSSR count). The first-order chi connectivity index (χ1) is 51.1. The number of carbonyl (C=O) groups is 15. The maximum atomic E-state index is 15.2. The van der Waals surface area contributed by atoms with Crippen LogP contribution in [0.4, 0.5) is 4.79 Å². The molecule has 14 N–H and O–H groups in total.